The van der Waals surface area contributed by atoms with E-state index in [1.54, 1.807) is 4.90 Å². The average molecular weight is 386 g/mol. The van der Waals surface area contributed by atoms with E-state index >= 15 is 0 Å². The third-order valence-corrected chi connectivity index (χ3v) is 5.01. The first-order valence-electron chi connectivity index (χ1n) is 8.69. The number of likely N-dealkylation sites (tertiary alicyclic amines) is 1. The predicted molar refractivity (Wildman–Crippen MR) is 98.9 cm³/mol. The molecule has 7 heteroatoms. The molecule has 1 atom stereocenters. The van der Waals surface area contributed by atoms with Gasteiger partial charge in [-0.1, -0.05) is 40.5 Å². The van der Waals surface area contributed by atoms with Gasteiger partial charge in [-0.25, -0.2) is 4.39 Å². The number of aryl methyl sites for hydroxylation is 1. The van der Waals surface area contributed by atoms with Gasteiger partial charge in [0.2, 0.25) is 11.7 Å². The molecule has 3 aromatic rings. The molecule has 1 saturated heterocycles. The maximum absolute atomic E-state index is 13.6. The van der Waals surface area contributed by atoms with Crippen molar-refractivity contribution >= 4 is 17.5 Å². The standard InChI is InChI=1S/C20H17ClFN3O2/c1-12-4-2-5-13(10-12)18-23-19(27-24-18)17-6-3-9-25(17)20(26)15-11-14(22)7-8-16(15)21/h2,4-5,7-8,10-11,17H,3,6,9H2,1H3. The lowest BCUT2D eigenvalue weighted by atomic mass is 10.1. The smallest absolute Gasteiger partial charge is 0.256 e. The monoisotopic (exact) mass is 385 g/mol. The van der Waals surface area contributed by atoms with Gasteiger partial charge >= 0.3 is 0 Å². The van der Waals surface area contributed by atoms with Crippen LogP contribution in [0, 0.1) is 12.7 Å². The Kier molecular flexibility index (Phi) is 4.66. The van der Waals surface area contributed by atoms with Crippen LogP contribution >= 0.6 is 11.6 Å². The number of carbonyl (C=O) groups is 1. The van der Waals surface area contributed by atoms with Crippen molar-refractivity contribution in [1.29, 1.82) is 0 Å². The number of hydrogen-bond donors (Lipinski definition) is 0. The molecule has 0 radical (unpaired) electrons. The van der Waals surface area contributed by atoms with Crippen LogP contribution in [-0.4, -0.2) is 27.5 Å². The highest BCUT2D eigenvalue weighted by Gasteiger charge is 2.35. The Morgan fingerprint density at radius 1 is 1.30 bits per heavy atom. The molecule has 0 N–H and O–H groups in total. The van der Waals surface area contributed by atoms with Gasteiger partial charge in [0.15, 0.2) is 0 Å². The number of aromatic nitrogens is 2. The molecule has 1 aromatic heterocycles. The van der Waals surface area contributed by atoms with Crippen LogP contribution in [0.2, 0.25) is 5.02 Å². The van der Waals surface area contributed by atoms with Crippen molar-refractivity contribution in [3.63, 3.8) is 0 Å². The fraction of sp³-hybridized carbons (Fsp3) is 0.250. The van der Waals surface area contributed by atoms with E-state index in [0.29, 0.717) is 24.7 Å². The van der Waals surface area contributed by atoms with Crippen molar-refractivity contribution in [2.24, 2.45) is 0 Å². The molecule has 1 unspecified atom stereocenters. The van der Waals surface area contributed by atoms with Crippen LogP contribution in [0.3, 0.4) is 0 Å². The molecule has 0 bridgehead atoms. The van der Waals surface area contributed by atoms with Crippen molar-refractivity contribution in [3.8, 4) is 11.4 Å². The molecule has 2 aromatic carbocycles. The fourth-order valence-corrected chi connectivity index (χ4v) is 3.55. The van der Waals surface area contributed by atoms with Crippen LogP contribution in [-0.2, 0) is 0 Å². The van der Waals surface area contributed by atoms with Crippen molar-refractivity contribution in [2.75, 3.05) is 6.54 Å². The first-order chi connectivity index (χ1) is 13.0. The maximum atomic E-state index is 13.6. The molecule has 1 aliphatic heterocycles. The molecule has 5 nitrogen and oxygen atoms in total. The zero-order valence-corrected chi connectivity index (χ0v) is 15.4. The normalized spacial score (nSPS) is 16.7. The van der Waals surface area contributed by atoms with E-state index in [1.807, 2.05) is 31.2 Å². The molecule has 0 aliphatic carbocycles. The number of benzene rings is 2. The van der Waals surface area contributed by atoms with Crippen LogP contribution in [0.1, 0.15) is 40.7 Å². The first-order valence-corrected chi connectivity index (χ1v) is 9.07. The molecular formula is C20H17ClFN3O2. The third-order valence-electron chi connectivity index (χ3n) is 4.68. The van der Waals surface area contributed by atoms with Gasteiger partial charge in [-0.2, -0.15) is 4.98 Å². The minimum atomic E-state index is -0.502. The highest BCUT2D eigenvalue weighted by molar-refractivity contribution is 6.33. The Balaban J connectivity index is 1.62. The van der Waals surface area contributed by atoms with E-state index in [1.165, 1.54) is 12.1 Å². The van der Waals surface area contributed by atoms with Crippen molar-refractivity contribution in [1.82, 2.24) is 15.0 Å². The topological polar surface area (TPSA) is 59.2 Å². The van der Waals surface area contributed by atoms with E-state index in [9.17, 15) is 9.18 Å². The van der Waals surface area contributed by atoms with Gasteiger partial charge in [0, 0.05) is 12.1 Å². The summed E-state index contributed by atoms with van der Waals surface area (Å²) in [5, 5.41) is 4.28. The van der Waals surface area contributed by atoms with E-state index in [2.05, 4.69) is 10.1 Å². The quantitative estimate of drug-likeness (QED) is 0.648. The Morgan fingerprint density at radius 3 is 2.96 bits per heavy atom. The second-order valence-electron chi connectivity index (χ2n) is 6.61. The minimum absolute atomic E-state index is 0.141. The summed E-state index contributed by atoms with van der Waals surface area (Å²) in [6, 6.07) is 11.2. The molecule has 4 rings (SSSR count). The van der Waals surface area contributed by atoms with Crippen LogP contribution in [0.15, 0.2) is 47.0 Å². The molecule has 1 fully saturated rings. The van der Waals surface area contributed by atoms with Gasteiger partial charge in [-0.3, -0.25) is 4.79 Å². The summed E-state index contributed by atoms with van der Waals surface area (Å²) in [7, 11) is 0. The number of halogens is 2. The zero-order chi connectivity index (χ0) is 19.0. The number of nitrogens with zero attached hydrogens (tertiary/aromatic N) is 3. The van der Waals surface area contributed by atoms with Crippen LogP contribution in [0.25, 0.3) is 11.4 Å². The highest BCUT2D eigenvalue weighted by atomic mass is 35.5. The van der Waals surface area contributed by atoms with Crippen molar-refractivity contribution in [2.45, 2.75) is 25.8 Å². The number of rotatable bonds is 3. The number of hydrogen-bond acceptors (Lipinski definition) is 4. The predicted octanol–water partition coefficient (Wildman–Crippen LogP) is 4.81. The number of carbonyl (C=O) groups excluding carboxylic acids is 1. The van der Waals surface area contributed by atoms with E-state index < -0.39 is 5.82 Å². The van der Waals surface area contributed by atoms with Gasteiger partial charge in [0.1, 0.15) is 11.9 Å². The average Bonchev–Trinajstić information content (AvgIpc) is 3.32. The molecule has 0 spiro atoms. The molecule has 138 valence electrons. The summed E-state index contributed by atoms with van der Waals surface area (Å²) in [6.45, 7) is 2.52. The summed E-state index contributed by atoms with van der Waals surface area (Å²) < 4.78 is 19.0. The first kappa shape index (κ1) is 17.7. The third kappa shape index (κ3) is 3.45. The summed E-state index contributed by atoms with van der Waals surface area (Å²) in [4.78, 5) is 19.0. The summed E-state index contributed by atoms with van der Waals surface area (Å²) >= 11 is 6.10. The van der Waals surface area contributed by atoms with Crippen LogP contribution in [0.5, 0.6) is 0 Å². The summed E-state index contributed by atoms with van der Waals surface area (Å²) in [5.41, 5.74) is 2.09. The van der Waals surface area contributed by atoms with E-state index in [4.69, 9.17) is 16.1 Å². The number of amides is 1. The maximum Gasteiger partial charge on any atom is 0.256 e. The molecule has 27 heavy (non-hydrogen) atoms. The van der Waals surface area contributed by atoms with Gasteiger partial charge in [-0.05, 0) is 44.0 Å². The zero-order valence-electron chi connectivity index (χ0n) is 14.7. The Labute approximate surface area is 160 Å². The molecule has 2 heterocycles. The van der Waals surface area contributed by atoms with E-state index in [-0.39, 0.29) is 22.5 Å². The van der Waals surface area contributed by atoms with Crippen LogP contribution < -0.4 is 0 Å². The van der Waals surface area contributed by atoms with Gasteiger partial charge in [-0.15, -0.1) is 0 Å². The van der Waals surface area contributed by atoms with E-state index in [0.717, 1.165) is 23.6 Å². The lowest BCUT2D eigenvalue weighted by Crippen LogP contribution is -2.31. The Hall–Kier alpha value is -2.73. The SMILES string of the molecule is Cc1cccc(-c2noc(C3CCCN3C(=O)c3cc(F)ccc3Cl)n2)c1. The second kappa shape index (κ2) is 7.12. The molecule has 0 saturated carbocycles. The summed E-state index contributed by atoms with van der Waals surface area (Å²) in [6.07, 6.45) is 1.50. The largest absolute Gasteiger partial charge is 0.337 e. The minimum Gasteiger partial charge on any atom is -0.337 e. The Bertz CT molecular complexity index is 1000. The molecular weight excluding hydrogens is 369 g/mol. The molecule has 1 amide bonds. The van der Waals surface area contributed by atoms with Gasteiger partial charge in [0.25, 0.3) is 5.91 Å². The summed E-state index contributed by atoms with van der Waals surface area (Å²) in [5.74, 6) is 0.0250. The van der Waals surface area contributed by atoms with Gasteiger partial charge < -0.3 is 9.42 Å². The second-order valence-corrected chi connectivity index (χ2v) is 7.01. The van der Waals surface area contributed by atoms with Crippen LogP contribution in [0.4, 0.5) is 4.39 Å². The lowest BCUT2D eigenvalue weighted by molar-refractivity contribution is 0.0710. The highest BCUT2D eigenvalue weighted by Crippen LogP contribution is 2.34. The fourth-order valence-electron chi connectivity index (χ4n) is 3.35. The van der Waals surface area contributed by atoms with Crippen molar-refractivity contribution < 1.29 is 13.7 Å². The lowest BCUT2D eigenvalue weighted by Gasteiger charge is -2.22. The van der Waals surface area contributed by atoms with Gasteiger partial charge in [0.05, 0.1) is 10.6 Å². The Morgan fingerprint density at radius 2 is 2.15 bits per heavy atom. The van der Waals surface area contributed by atoms with Crippen molar-refractivity contribution in [3.05, 3.63) is 70.3 Å². The molecule has 1 aliphatic rings.